The number of aromatic nitrogens is 3. The second-order valence-electron chi connectivity index (χ2n) is 3.57. The van der Waals surface area contributed by atoms with Crippen LogP contribution in [0.3, 0.4) is 0 Å². The molecule has 2 N–H and O–H groups in total. The highest BCUT2D eigenvalue weighted by molar-refractivity contribution is 7.93. The summed E-state index contributed by atoms with van der Waals surface area (Å²) in [6.07, 6.45) is 0.381. The standard InChI is InChI=1S/C11H10N4O3S2/c16-8-2-1-3-9-4-6-10(7-5-9)20(17,18)13-11-12-14-15-19-11/h4-7,16H,2,8H2,(H,12,13,15). The first-order valence-corrected chi connectivity index (χ1v) is 7.75. The van der Waals surface area contributed by atoms with E-state index in [1.165, 1.54) is 12.1 Å². The van der Waals surface area contributed by atoms with Gasteiger partial charge < -0.3 is 5.11 Å². The van der Waals surface area contributed by atoms with Crippen LogP contribution in [0.5, 0.6) is 0 Å². The van der Waals surface area contributed by atoms with Gasteiger partial charge >= 0.3 is 0 Å². The first-order valence-electron chi connectivity index (χ1n) is 5.49. The van der Waals surface area contributed by atoms with Gasteiger partial charge in [0.1, 0.15) is 0 Å². The fraction of sp³-hybridized carbons (Fsp3) is 0.182. The number of nitrogens with zero attached hydrogens (tertiary/aromatic N) is 3. The van der Waals surface area contributed by atoms with Crippen molar-refractivity contribution in [1.29, 1.82) is 0 Å². The van der Waals surface area contributed by atoms with Crippen molar-refractivity contribution >= 4 is 26.7 Å². The average Bonchev–Trinajstić information content (AvgIpc) is 2.92. The van der Waals surface area contributed by atoms with Crippen molar-refractivity contribution in [3.63, 3.8) is 0 Å². The Labute approximate surface area is 119 Å². The monoisotopic (exact) mass is 310 g/mol. The fourth-order valence-electron chi connectivity index (χ4n) is 1.28. The Hall–Kier alpha value is -2.02. The number of aliphatic hydroxyl groups is 1. The molecule has 0 aliphatic heterocycles. The van der Waals surface area contributed by atoms with E-state index in [-0.39, 0.29) is 16.6 Å². The molecule has 2 aromatic rings. The zero-order valence-corrected chi connectivity index (χ0v) is 11.8. The molecule has 7 nitrogen and oxygen atoms in total. The van der Waals surface area contributed by atoms with Gasteiger partial charge in [0, 0.05) is 23.5 Å². The van der Waals surface area contributed by atoms with E-state index >= 15 is 0 Å². The molecule has 1 aromatic carbocycles. The van der Waals surface area contributed by atoms with Crippen molar-refractivity contribution in [3.05, 3.63) is 29.8 Å². The van der Waals surface area contributed by atoms with Crippen molar-refractivity contribution in [3.8, 4) is 11.8 Å². The van der Waals surface area contributed by atoms with Crippen LogP contribution in [0.25, 0.3) is 0 Å². The molecule has 104 valence electrons. The van der Waals surface area contributed by atoms with Gasteiger partial charge in [-0.2, -0.15) is 0 Å². The molecule has 1 aromatic heterocycles. The van der Waals surface area contributed by atoms with Gasteiger partial charge in [-0.25, -0.2) is 8.42 Å². The average molecular weight is 310 g/mol. The molecule has 0 saturated carbocycles. The van der Waals surface area contributed by atoms with Gasteiger partial charge in [-0.3, -0.25) is 4.72 Å². The van der Waals surface area contributed by atoms with Crippen LogP contribution < -0.4 is 4.72 Å². The van der Waals surface area contributed by atoms with Crippen molar-refractivity contribution < 1.29 is 13.5 Å². The molecule has 0 spiro atoms. The Kier molecular flexibility index (Phi) is 4.62. The minimum absolute atomic E-state index is 0.000727. The Morgan fingerprint density at radius 1 is 1.30 bits per heavy atom. The molecule has 0 amide bonds. The molecule has 0 saturated heterocycles. The molecule has 0 unspecified atom stereocenters. The summed E-state index contributed by atoms with van der Waals surface area (Å²) in [5.74, 6) is 5.57. The van der Waals surface area contributed by atoms with E-state index in [9.17, 15) is 8.42 Å². The molecule has 0 atom stereocenters. The number of sulfonamides is 1. The molecule has 0 aliphatic carbocycles. The second-order valence-corrected chi connectivity index (χ2v) is 5.99. The van der Waals surface area contributed by atoms with Crippen LogP contribution in [0, 0.1) is 11.8 Å². The lowest BCUT2D eigenvalue weighted by Crippen LogP contribution is -2.12. The summed E-state index contributed by atoms with van der Waals surface area (Å²) in [4.78, 5) is 0.0976. The lowest BCUT2D eigenvalue weighted by atomic mass is 10.2. The lowest BCUT2D eigenvalue weighted by molar-refractivity contribution is 0.305. The van der Waals surface area contributed by atoms with Gasteiger partial charge in [0.15, 0.2) is 0 Å². The number of rotatable bonds is 4. The van der Waals surface area contributed by atoms with Crippen molar-refractivity contribution in [1.82, 2.24) is 14.8 Å². The van der Waals surface area contributed by atoms with E-state index in [1.807, 2.05) is 0 Å². The van der Waals surface area contributed by atoms with E-state index in [0.717, 1.165) is 11.5 Å². The summed E-state index contributed by atoms with van der Waals surface area (Å²) in [5, 5.41) is 15.5. The normalized spacial score (nSPS) is 10.7. The maximum atomic E-state index is 12.0. The zero-order chi connectivity index (χ0) is 14.4. The molecule has 20 heavy (non-hydrogen) atoms. The largest absolute Gasteiger partial charge is 0.395 e. The highest BCUT2D eigenvalue weighted by Crippen LogP contribution is 2.16. The second kappa shape index (κ2) is 6.42. The van der Waals surface area contributed by atoms with Crippen LogP contribution >= 0.6 is 11.5 Å². The van der Waals surface area contributed by atoms with Crippen molar-refractivity contribution in [2.75, 3.05) is 11.3 Å². The highest BCUT2D eigenvalue weighted by Gasteiger charge is 2.15. The van der Waals surface area contributed by atoms with Gasteiger partial charge in [-0.1, -0.05) is 21.4 Å². The molecule has 1 heterocycles. The highest BCUT2D eigenvalue weighted by atomic mass is 32.2. The number of hydrogen-bond acceptors (Lipinski definition) is 7. The van der Waals surface area contributed by atoms with Crippen LogP contribution in [0.1, 0.15) is 12.0 Å². The van der Waals surface area contributed by atoms with E-state index in [0.29, 0.717) is 12.0 Å². The molecular formula is C11H10N4O3S2. The summed E-state index contributed by atoms with van der Waals surface area (Å²) in [6.45, 7) is -0.000727. The molecule has 0 radical (unpaired) electrons. The summed E-state index contributed by atoms with van der Waals surface area (Å²) >= 11 is 0.853. The third-order valence-corrected chi connectivity index (χ3v) is 4.15. The van der Waals surface area contributed by atoms with Crippen LogP contribution in [0.15, 0.2) is 29.2 Å². The van der Waals surface area contributed by atoms with Crippen LogP contribution in [0.4, 0.5) is 5.13 Å². The van der Waals surface area contributed by atoms with E-state index in [2.05, 4.69) is 31.4 Å². The Morgan fingerprint density at radius 2 is 2.05 bits per heavy atom. The molecule has 0 fully saturated rings. The lowest BCUT2D eigenvalue weighted by Gasteiger charge is -2.03. The number of aliphatic hydroxyl groups excluding tert-OH is 1. The summed E-state index contributed by atoms with van der Waals surface area (Å²) < 4.78 is 29.7. The summed E-state index contributed by atoms with van der Waals surface area (Å²) in [6, 6.07) is 6.08. The third-order valence-electron chi connectivity index (χ3n) is 2.16. The first-order chi connectivity index (χ1) is 9.62. The Balaban J connectivity index is 2.15. The number of benzene rings is 1. The SMILES string of the molecule is O=S(=O)(Nc1nnns1)c1ccc(C#CCCO)cc1. The smallest absolute Gasteiger partial charge is 0.263 e. The fourth-order valence-corrected chi connectivity index (χ4v) is 2.87. The predicted octanol–water partition coefficient (Wildman–Crippen LogP) is 0.468. The Bertz CT molecular complexity index is 715. The van der Waals surface area contributed by atoms with E-state index in [1.54, 1.807) is 12.1 Å². The van der Waals surface area contributed by atoms with Gasteiger partial charge in [0.25, 0.3) is 10.0 Å². The van der Waals surface area contributed by atoms with Crippen molar-refractivity contribution in [2.24, 2.45) is 0 Å². The topological polar surface area (TPSA) is 105 Å². The molecule has 9 heteroatoms. The van der Waals surface area contributed by atoms with Crippen LogP contribution in [0.2, 0.25) is 0 Å². The summed E-state index contributed by atoms with van der Waals surface area (Å²) in [5.41, 5.74) is 0.676. The van der Waals surface area contributed by atoms with Crippen molar-refractivity contribution in [2.45, 2.75) is 11.3 Å². The maximum Gasteiger partial charge on any atom is 0.263 e. The summed E-state index contributed by atoms with van der Waals surface area (Å²) in [7, 11) is -3.70. The van der Waals surface area contributed by atoms with Gasteiger partial charge in [0.05, 0.1) is 11.5 Å². The first kappa shape index (κ1) is 14.4. The zero-order valence-electron chi connectivity index (χ0n) is 10.1. The minimum Gasteiger partial charge on any atom is -0.395 e. The van der Waals surface area contributed by atoms with Gasteiger partial charge in [-0.05, 0) is 29.5 Å². The van der Waals surface area contributed by atoms with Crippen LogP contribution in [-0.4, -0.2) is 34.9 Å². The van der Waals surface area contributed by atoms with Gasteiger partial charge in [0.2, 0.25) is 5.13 Å². The third kappa shape index (κ3) is 3.74. The minimum atomic E-state index is -3.70. The molecule has 2 rings (SSSR count). The van der Waals surface area contributed by atoms with Crippen LogP contribution in [-0.2, 0) is 10.0 Å². The molecule has 0 aliphatic rings. The molecule has 0 bridgehead atoms. The maximum absolute atomic E-state index is 12.0. The predicted molar refractivity (Wildman–Crippen MR) is 73.5 cm³/mol. The quantitative estimate of drug-likeness (QED) is 0.795. The Morgan fingerprint density at radius 3 is 2.65 bits per heavy atom. The van der Waals surface area contributed by atoms with E-state index in [4.69, 9.17) is 5.11 Å². The number of hydrogen-bond donors (Lipinski definition) is 2. The number of nitrogens with one attached hydrogen (secondary N) is 1. The van der Waals surface area contributed by atoms with Gasteiger partial charge in [-0.15, -0.1) is 0 Å². The van der Waals surface area contributed by atoms with E-state index < -0.39 is 10.0 Å². The number of anilines is 1. The molecular weight excluding hydrogens is 300 g/mol.